The van der Waals surface area contributed by atoms with Crippen molar-refractivity contribution in [3.63, 3.8) is 0 Å². The second kappa shape index (κ2) is 5.07. The summed E-state index contributed by atoms with van der Waals surface area (Å²) in [6, 6.07) is 3.84. The first-order chi connectivity index (χ1) is 10.0. The highest BCUT2D eigenvalue weighted by Gasteiger charge is 2.37. The topological polar surface area (TPSA) is 50.3 Å². The number of aromatic nitrogens is 1. The number of aryl methyl sites for hydroxylation is 3. The molecule has 0 bridgehead atoms. The van der Waals surface area contributed by atoms with Gasteiger partial charge in [0.1, 0.15) is 0 Å². The predicted octanol–water partition coefficient (Wildman–Crippen LogP) is 3.05. The van der Waals surface area contributed by atoms with E-state index in [0.717, 1.165) is 28.2 Å². The average Bonchev–Trinajstić information content (AvgIpc) is 2.98. The summed E-state index contributed by atoms with van der Waals surface area (Å²) in [4.78, 5) is 30.5. The van der Waals surface area contributed by atoms with E-state index in [-0.39, 0.29) is 0 Å². The largest absolute Gasteiger partial charge is 0.299 e. The molecule has 1 aromatic carbocycles. The molecule has 2 heterocycles. The highest BCUT2D eigenvalue weighted by molar-refractivity contribution is 7.09. The minimum Gasteiger partial charge on any atom is -0.299 e. The Morgan fingerprint density at radius 1 is 1.24 bits per heavy atom. The van der Waals surface area contributed by atoms with Crippen molar-refractivity contribution >= 4 is 28.7 Å². The van der Waals surface area contributed by atoms with Crippen molar-refractivity contribution in [1.82, 2.24) is 4.98 Å². The van der Waals surface area contributed by atoms with Gasteiger partial charge in [0.2, 0.25) is 0 Å². The summed E-state index contributed by atoms with van der Waals surface area (Å²) in [5, 5.41) is 3.00. The number of carbonyl (C=O) groups excluding carboxylic acids is 2. The number of ketones is 1. The summed E-state index contributed by atoms with van der Waals surface area (Å²) < 4.78 is 0. The maximum Gasteiger partial charge on any atom is 0.299 e. The zero-order valence-electron chi connectivity index (χ0n) is 12.3. The quantitative estimate of drug-likeness (QED) is 0.819. The fourth-order valence-corrected chi connectivity index (χ4v) is 3.43. The third kappa shape index (κ3) is 2.27. The minimum atomic E-state index is -0.454. The number of Topliss-reactive ketones (excluding diaryl/α,β-unsaturated/α-hetero) is 1. The second-order valence-electron chi connectivity index (χ2n) is 5.28. The summed E-state index contributed by atoms with van der Waals surface area (Å²) in [7, 11) is 0. The Hall–Kier alpha value is -2.01. The lowest BCUT2D eigenvalue weighted by Gasteiger charge is -2.16. The Kier molecular flexibility index (Phi) is 3.37. The molecule has 1 aliphatic heterocycles. The summed E-state index contributed by atoms with van der Waals surface area (Å²) >= 11 is 1.59. The van der Waals surface area contributed by atoms with Crippen LogP contribution < -0.4 is 4.90 Å². The first-order valence-corrected chi connectivity index (χ1v) is 7.80. The van der Waals surface area contributed by atoms with Crippen molar-refractivity contribution in [2.45, 2.75) is 33.7 Å². The predicted molar refractivity (Wildman–Crippen MR) is 82.9 cm³/mol. The van der Waals surface area contributed by atoms with Crippen molar-refractivity contribution in [1.29, 1.82) is 0 Å². The van der Waals surface area contributed by atoms with Gasteiger partial charge in [0.15, 0.2) is 0 Å². The van der Waals surface area contributed by atoms with E-state index in [2.05, 4.69) is 11.9 Å². The smallest absolute Gasteiger partial charge is 0.299 e. The lowest BCUT2D eigenvalue weighted by Crippen LogP contribution is -2.29. The molecule has 0 saturated heterocycles. The molecule has 5 heteroatoms. The molecule has 0 N–H and O–H groups in total. The van der Waals surface area contributed by atoms with Gasteiger partial charge in [-0.15, -0.1) is 11.3 Å². The zero-order valence-corrected chi connectivity index (χ0v) is 13.1. The number of nitrogens with zero attached hydrogens (tertiary/aromatic N) is 2. The van der Waals surface area contributed by atoms with Crippen LogP contribution in [0.4, 0.5) is 5.69 Å². The van der Waals surface area contributed by atoms with Crippen LogP contribution in [0.15, 0.2) is 17.5 Å². The third-order valence-electron chi connectivity index (χ3n) is 3.64. The SMILES string of the molecule is CCc1nc(CN2C(=O)C(=O)c3c(C)cc(C)cc32)cs1. The van der Waals surface area contributed by atoms with E-state index < -0.39 is 11.7 Å². The standard InChI is InChI=1S/C16H16N2O2S/c1-4-13-17-11(8-21-13)7-18-12-6-9(2)5-10(3)14(12)15(19)16(18)20/h5-6,8H,4,7H2,1-3H3. The molecule has 108 valence electrons. The Morgan fingerprint density at radius 2 is 2.00 bits per heavy atom. The van der Waals surface area contributed by atoms with Crippen LogP contribution >= 0.6 is 11.3 Å². The number of rotatable bonds is 3. The van der Waals surface area contributed by atoms with E-state index in [4.69, 9.17) is 0 Å². The average molecular weight is 300 g/mol. The Labute approximate surface area is 127 Å². The monoisotopic (exact) mass is 300 g/mol. The molecule has 0 saturated carbocycles. The number of thiazole rings is 1. The van der Waals surface area contributed by atoms with Gasteiger partial charge >= 0.3 is 0 Å². The van der Waals surface area contributed by atoms with Gasteiger partial charge in [-0.1, -0.05) is 13.0 Å². The molecular weight excluding hydrogens is 284 g/mol. The van der Waals surface area contributed by atoms with Crippen LogP contribution in [-0.2, 0) is 17.8 Å². The van der Waals surface area contributed by atoms with E-state index in [1.807, 2.05) is 31.4 Å². The van der Waals surface area contributed by atoms with E-state index in [0.29, 0.717) is 17.8 Å². The Balaban J connectivity index is 2.01. The van der Waals surface area contributed by atoms with Gasteiger partial charge in [0, 0.05) is 5.38 Å². The van der Waals surface area contributed by atoms with Crippen LogP contribution in [0.3, 0.4) is 0 Å². The van der Waals surface area contributed by atoms with Crippen LogP contribution in [0.2, 0.25) is 0 Å². The molecule has 3 rings (SSSR count). The molecular formula is C16H16N2O2S. The van der Waals surface area contributed by atoms with Gasteiger partial charge in [-0.25, -0.2) is 4.98 Å². The van der Waals surface area contributed by atoms with E-state index in [9.17, 15) is 9.59 Å². The zero-order chi connectivity index (χ0) is 15.1. The number of carbonyl (C=O) groups is 2. The maximum absolute atomic E-state index is 12.3. The number of hydrogen-bond donors (Lipinski definition) is 0. The Bertz CT molecular complexity index is 749. The van der Waals surface area contributed by atoms with Crippen LogP contribution in [0.5, 0.6) is 0 Å². The van der Waals surface area contributed by atoms with Gasteiger partial charge in [-0.05, 0) is 37.5 Å². The number of fused-ring (bicyclic) bond motifs is 1. The van der Waals surface area contributed by atoms with Crippen molar-refractivity contribution in [2.24, 2.45) is 0 Å². The summed E-state index contributed by atoms with van der Waals surface area (Å²) in [6.07, 6.45) is 0.881. The maximum atomic E-state index is 12.3. The lowest BCUT2D eigenvalue weighted by atomic mass is 10.0. The highest BCUT2D eigenvalue weighted by atomic mass is 32.1. The molecule has 0 unspecified atom stereocenters. The molecule has 4 nitrogen and oxygen atoms in total. The van der Waals surface area contributed by atoms with Crippen molar-refractivity contribution in [3.05, 3.63) is 44.9 Å². The van der Waals surface area contributed by atoms with Gasteiger partial charge in [-0.2, -0.15) is 0 Å². The van der Waals surface area contributed by atoms with Crippen LogP contribution in [0.25, 0.3) is 0 Å². The molecule has 0 aliphatic carbocycles. The Morgan fingerprint density at radius 3 is 2.67 bits per heavy atom. The molecule has 0 atom stereocenters. The lowest BCUT2D eigenvalue weighted by molar-refractivity contribution is -0.114. The van der Waals surface area contributed by atoms with Crippen molar-refractivity contribution < 1.29 is 9.59 Å². The molecule has 1 aromatic heterocycles. The molecule has 21 heavy (non-hydrogen) atoms. The van der Waals surface area contributed by atoms with Gasteiger partial charge in [0.25, 0.3) is 11.7 Å². The van der Waals surface area contributed by atoms with E-state index >= 15 is 0 Å². The second-order valence-corrected chi connectivity index (χ2v) is 6.23. The summed E-state index contributed by atoms with van der Waals surface area (Å²) in [6.45, 7) is 6.25. The minimum absolute atomic E-state index is 0.358. The highest BCUT2D eigenvalue weighted by Crippen LogP contribution is 2.33. The molecule has 2 aromatic rings. The fraction of sp³-hybridized carbons (Fsp3) is 0.312. The third-order valence-corrected chi connectivity index (χ3v) is 4.68. The van der Waals surface area contributed by atoms with Crippen LogP contribution in [-0.4, -0.2) is 16.7 Å². The molecule has 0 spiro atoms. The number of hydrogen-bond acceptors (Lipinski definition) is 4. The van der Waals surface area contributed by atoms with Crippen molar-refractivity contribution in [2.75, 3.05) is 4.90 Å². The number of anilines is 1. The van der Waals surface area contributed by atoms with Gasteiger partial charge < -0.3 is 0 Å². The van der Waals surface area contributed by atoms with Crippen LogP contribution in [0, 0.1) is 13.8 Å². The first-order valence-electron chi connectivity index (χ1n) is 6.92. The van der Waals surface area contributed by atoms with Gasteiger partial charge in [0.05, 0.1) is 28.5 Å². The van der Waals surface area contributed by atoms with E-state index in [1.54, 1.807) is 16.2 Å². The first kappa shape index (κ1) is 13.9. The normalized spacial score (nSPS) is 14.0. The van der Waals surface area contributed by atoms with Gasteiger partial charge in [-0.3, -0.25) is 14.5 Å². The molecule has 0 fully saturated rings. The fourth-order valence-electron chi connectivity index (χ4n) is 2.70. The summed E-state index contributed by atoms with van der Waals surface area (Å²) in [5.41, 5.74) is 4.00. The number of benzene rings is 1. The molecule has 1 aliphatic rings. The number of amides is 1. The van der Waals surface area contributed by atoms with Crippen molar-refractivity contribution in [3.8, 4) is 0 Å². The summed E-state index contributed by atoms with van der Waals surface area (Å²) in [5.74, 6) is -0.863. The molecule has 1 amide bonds. The molecule has 0 radical (unpaired) electrons. The van der Waals surface area contributed by atoms with Crippen LogP contribution in [0.1, 0.15) is 39.1 Å². The van der Waals surface area contributed by atoms with E-state index in [1.165, 1.54) is 0 Å².